The van der Waals surface area contributed by atoms with Crippen molar-refractivity contribution in [3.8, 4) is 17.0 Å². The topological polar surface area (TPSA) is 71.5 Å². The number of carbonyl (C=O) groups excluding carboxylic acids is 1. The molecule has 1 aromatic heterocycles. The first kappa shape index (κ1) is 22.0. The summed E-state index contributed by atoms with van der Waals surface area (Å²) >= 11 is 0. The molecule has 0 unspecified atom stereocenters. The Bertz CT molecular complexity index is 1210. The van der Waals surface area contributed by atoms with Crippen LogP contribution < -0.4 is 4.74 Å². The first-order chi connectivity index (χ1) is 15.7. The molecule has 33 heavy (non-hydrogen) atoms. The average molecular weight is 448 g/mol. The van der Waals surface area contributed by atoms with Gasteiger partial charge in [0.2, 0.25) is 0 Å². The van der Waals surface area contributed by atoms with Crippen LogP contribution in [-0.2, 0) is 22.4 Å². The van der Waals surface area contributed by atoms with Crippen LogP contribution in [0, 0.1) is 0 Å². The third kappa shape index (κ3) is 4.15. The summed E-state index contributed by atoms with van der Waals surface area (Å²) in [5.41, 5.74) is 5.83. The predicted molar refractivity (Wildman–Crippen MR) is 130 cm³/mol. The van der Waals surface area contributed by atoms with Crippen LogP contribution in [0.15, 0.2) is 36.5 Å². The molecule has 0 radical (unpaired) electrons. The Hall–Kier alpha value is -2.79. The van der Waals surface area contributed by atoms with E-state index in [0.717, 1.165) is 24.3 Å². The van der Waals surface area contributed by atoms with Gasteiger partial charge >= 0.3 is 5.97 Å². The van der Waals surface area contributed by atoms with Crippen molar-refractivity contribution < 1.29 is 19.4 Å². The van der Waals surface area contributed by atoms with E-state index in [0.29, 0.717) is 12.8 Å². The lowest BCUT2D eigenvalue weighted by atomic mass is 9.84. The summed E-state index contributed by atoms with van der Waals surface area (Å²) in [6.45, 7) is 8.72. The summed E-state index contributed by atoms with van der Waals surface area (Å²) in [4.78, 5) is 15.4. The van der Waals surface area contributed by atoms with Gasteiger partial charge in [0.25, 0.3) is 0 Å². The van der Waals surface area contributed by atoms with Crippen molar-refractivity contribution in [3.05, 3.63) is 53.2 Å². The van der Waals surface area contributed by atoms with Gasteiger partial charge in [-0.25, -0.2) is 0 Å². The van der Waals surface area contributed by atoms with Gasteiger partial charge in [0.15, 0.2) is 0 Å². The molecule has 0 bridgehead atoms. The molecule has 2 aliphatic heterocycles. The highest BCUT2D eigenvalue weighted by atomic mass is 16.5. The minimum atomic E-state index is -0.613. The second kappa shape index (κ2) is 8.21. The number of aliphatic hydroxyl groups is 1. The van der Waals surface area contributed by atoms with Gasteiger partial charge in [-0.3, -0.25) is 4.79 Å². The number of nitrogens with one attached hydrogen (secondary N) is 1. The van der Waals surface area contributed by atoms with Crippen LogP contribution in [-0.4, -0.2) is 33.9 Å². The Morgan fingerprint density at radius 1 is 1.24 bits per heavy atom. The molecule has 1 saturated heterocycles. The van der Waals surface area contributed by atoms with Crippen LogP contribution in [0.5, 0.6) is 5.75 Å². The Morgan fingerprint density at radius 2 is 2.03 bits per heavy atom. The molecule has 0 spiro atoms. The third-order valence-electron chi connectivity index (χ3n) is 6.89. The van der Waals surface area contributed by atoms with Gasteiger partial charge in [-0.05, 0) is 60.7 Å². The van der Waals surface area contributed by atoms with Crippen LogP contribution in [0.1, 0.15) is 69.6 Å². The fourth-order valence-corrected chi connectivity index (χ4v) is 5.58. The standard InChI is InChI=1S/C28H33NO4/c1-16(2)25-22(10-9-20-12-19(30)13-24(31)32-20)27-18(14-28(3,4)33-27)11-23(25)26-21-8-6-5-7-17(21)15-29-26/h5-8,11,15-16,19-20,29-30H,9-10,12-14H2,1-4H3/t19-,20-/m0/s1. The van der Waals surface area contributed by atoms with Gasteiger partial charge in [0, 0.05) is 30.0 Å². The zero-order chi connectivity index (χ0) is 23.3. The van der Waals surface area contributed by atoms with Crippen molar-refractivity contribution in [2.24, 2.45) is 0 Å². The fraction of sp³-hybridized carbons (Fsp3) is 0.464. The largest absolute Gasteiger partial charge is 0.487 e. The van der Waals surface area contributed by atoms with E-state index in [4.69, 9.17) is 9.47 Å². The molecule has 1 fully saturated rings. The average Bonchev–Trinajstić information content (AvgIpc) is 3.29. The van der Waals surface area contributed by atoms with Crippen molar-refractivity contribution in [3.63, 3.8) is 0 Å². The zero-order valence-electron chi connectivity index (χ0n) is 19.9. The molecule has 2 aliphatic rings. The summed E-state index contributed by atoms with van der Waals surface area (Å²) in [6, 6.07) is 10.8. The van der Waals surface area contributed by atoms with E-state index in [1.165, 1.54) is 33.0 Å². The second-order valence-electron chi connectivity index (χ2n) is 10.5. The lowest BCUT2D eigenvalue weighted by Gasteiger charge is -2.27. The van der Waals surface area contributed by atoms with Gasteiger partial charge in [0.05, 0.1) is 18.2 Å². The fourth-order valence-electron chi connectivity index (χ4n) is 5.58. The third-order valence-corrected chi connectivity index (χ3v) is 6.89. The quantitative estimate of drug-likeness (QED) is 0.494. The predicted octanol–water partition coefficient (Wildman–Crippen LogP) is 5.67. The number of carbonyl (C=O) groups is 1. The van der Waals surface area contributed by atoms with Crippen LogP contribution in [0.2, 0.25) is 0 Å². The molecule has 2 aromatic carbocycles. The van der Waals surface area contributed by atoms with E-state index in [9.17, 15) is 9.90 Å². The highest BCUT2D eigenvalue weighted by Crippen LogP contribution is 2.47. The number of aromatic amines is 1. The van der Waals surface area contributed by atoms with E-state index in [1.54, 1.807) is 0 Å². The molecule has 2 atom stereocenters. The maximum absolute atomic E-state index is 11.9. The second-order valence-corrected chi connectivity index (χ2v) is 10.5. The normalized spacial score (nSPS) is 21.8. The Morgan fingerprint density at radius 3 is 2.79 bits per heavy atom. The highest BCUT2D eigenvalue weighted by Gasteiger charge is 2.35. The molecule has 0 amide bonds. The number of benzene rings is 2. The summed E-state index contributed by atoms with van der Waals surface area (Å²) in [6.07, 6.45) is 4.06. The van der Waals surface area contributed by atoms with E-state index >= 15 is 0 Å². The minimum Gasteiger partial charge on any atom is -0.487 e. The van der Waals surface area contributed by atoms with Gasteiger partial charge in [0.1, 0.15) is 17.5 Å². The lowest BCUT2D eigenvalue weighted by molar-refractivity contribution is -0.160. The molecular weight excluding hydrogens is 414 g/mol. The van der Waals surface area contributed by atoms with Crippen LogP contribution in [0.3, 0.4) is 0 Å². The van der Waals surface area contributed by atoms with E-state index in [-0.39, 0.29) is 30.0 Å². The molecule has 5 heteroatoms. The number of hydrogen-bond donors (Lipinski definition) is 2. The summed E-state index contributed by atoms with van der Waals surface area (Å²) < 4.78 is 12.0. The van der Waals surface area contributed by atoms with Crippen LogP contribution in [0.4, 0.5) is 0 Å². The zero-order valence-corrected chi connectivity index (χ0v) is 19.9. The number of aliphatic hydroxyl groups excluding tert-OH is 1. The van der Waals surface area contributed by atoms with Gasteiger partial charge < -0.3 is 19.6 Å². The number of hydrogen-bond acceptors (Lipinski definition) is 4. The maximum atomic E-state index is 11.9. The number of aromatic nitrogens is 1. The molecule has 0 aliphatic carbocycles. The monoisotopic (exact) mass is 447 g/mol. The minimum absolute atomic E-state index is 0.0931. The van der Waals surface area contributed by atoms with E-state index in [2.05, 4.69) is 69.2 Å². The number of esters is 1. The number of rotatable bonds is 5. The number of ether oxygens (including phenoxy) is 2. The maximum Gasteiger partial charge on any atom is 0.308 e. The molecule has 174 valence electrons. The molecule has 3 heterocycles. The van der Waals surface area contributed by atoms with Crippen molar-refractivity contribution in [2.75, 3.05) is 0 Å². The first-order valence-electron chi connectivity index (χ1n) is 12.0. The van der Waals surface area contributed by atoms with Gasteiger partial charge in [-0.15, -0.1) is 0 Å². The van der Waals surface area contributed by atoms with Crippen molar-refractivity contribution in [1.82, 2.24) is 4.98 Å². The summed E-state index contributed by atoms with van der Waals surface area (Å²) in [5.74, 6) is 0.970. The van der Waals surface area contributed by atoms with Crippen LogP contribution in [0.25, 0.3) is 22.0 Å². The Labute approximate surface area is 195 Å². The van der Waals surface area contributed by atoms with Gasteiger partial charge in [-0.1, -0.05) is 38.1 Å². The summed E-state index contributed by atoms with van der Waals surface area (Å²) in [5, 5.41) is 12.5. The van der Waals surface area contributed by atoms with Gasteiger partial charge in [-0.2, -0.15) is 0 Å². The molecule has 3 aromatic rings. The molecule has 0 saturated carbocycles. The van der Waals surface area contributed by atoms with Crippen molar-refractivity contribution >= 4 is 16.7 Å². The number of H-pyrrole nitrogens is 1. The Balaban J connectivity index is 1.62. The van der Waals surface area contributed by atoms with E-state index in [1.807, 2.05) is 0 Å². The summed E-state index contributed by atoms with van der Waals surface area (Å²) in [7, 11) is 0. The lowest BCUT2D eigenvalue weighted by Crippen LogP contribution is -2.32. The highest BCUT2D eigenvalue weighted by molar-refractivity contribution is 5.97. The van der Waals surface area contributed by atoms with Crippen LogP contribution >= 0.6 is 0 Å². The SMILES string of the molecule is CC(C)c1c(-c2[nH]cc3ccccc23)cc2c(c1CC[C@H]1C[C@H](O)CC(=O)O1)OC(C)(C)C2. The molecule has 5 rings (SSSR count). The Kier molecular flexibility index (Phi) is 5.48. The first-order valence-corrected chi connectivity index (χ1v) is 12.0. The van der Waals surface area contributed by atoms with E-state index < -0.39 is 6.10 Å². The number of cyclic esters (lactones) is 1. The van der Waals surface area contributed by atoms with Crippen molar-refractivity contribution in [2.45, 2.75) is 83.5 Å². The number of fused-ring (bicyclic) bond motifs is 2. The smallest absolute Gasteiger partial charge is 0.308 e. The van der Waals surface area contributed by atoms with Crippen molar-refractivity contribution in [1.29, 1.82) is 0 Å². The molecule has 2 N–H and O–H groups in total. The molecular formula is C28H33NO4. The molecule has 5 nitrogen and oxygen atoms in total.